The molecule has 4 heteroatoms. The zero-order valence-corrected chi connectivity index (χ0v) is 50.4. The quantitative estimate of drug-likeness (QED) is 0.0813. The van der Waals surface area contributed by atoms with E-state index in [9.17, 15) is 0 Å². The zero-order chi connectivity index (χ0) is 56.9. The SMILES string of the molecule is CCC(C)(C)c1ccc(/C(SC)=C(\c2ccccc2)C(c2ccccc2)c2ccc(N(c3ccc4ccccc4c3)C(C)(CC)c3ccc(NC(C)(CC)c4ccc(N(c5ccc6ccccc6c5)C(C)(C)C)cc4)cc3)cc2)cc1. The van der Waals surface area contributed by atoms with Gasteiger partial charge in [-0.1, -0.05) is 217 Å². The predicted molar refractivity (Wildman–Crippen MR) is 355 cm³/mol. The van der Waals surface area contributed by atoms with Crippen LogP contribution in [-0.2, 0) is 16.5 Å². The number of nitrogens with zero attached hydrogens (tertiary/aromatic N) is 2. The molecule has 0 heterocycles. The molecule has 0 aliphatic carbocycles. The van der Waals surface area contributed by atoms with E-state index in [1.165, 1.54) is 82.3 Å². The van der Waals surface area contributed by atoms with E-state index in [1.807, 2.05) is 11.8 Å². The molecular weight excluding hydrogens is 999 g/mol. The third-order valence-electron chi connectivity index (χ3n) is 17.5. The molecule has 3 unspecified atom stereocenters. The number of nitrogens with one attached hydrogen (secondary N) is 1. The third kappa shape index (κ3) is 11.7. The molecule has 10 rings (SSSR count). The highest BCUT2D eigenvalue weighted by Crippen LogP contribution is 2.49. The van der Waals surface area contributed by atoms with Gasteiger partial charge in [0.15, 0.2) is 0 Å². The van der Waals surface area contributed by atoms with Crippen molar-refractivity contribution >= 4 is 72.2 Å². The lowest BCUT2D eigenvalue weighted by Gasteiger charge is -2.43. The number of benzene rings is 10. The van der Waals surface area contributed by atoms with Crippen LogP contribution in [0, 0.1) is 0 Å². The van der Waals surface area contributed by atoms with E-state index in [0.29, 0.717) is 0 Å². The minimum absolute atomic E-state index is 0.0381. The summed E-state index contributed by atoms with van der Waals surface area (Å²) in [5.74, 6) is -0.0381. The normalized spacial score (nSPS) is 14.2. The lowest BCUT2D eigenvalue weighted by molar-refractivity contribution is 0.464. The molecule has 0 aliphatic rings. The Balaban J connectivity index is 1.01. The summed E-state index contributed by atoms with van der Waals surface area (Å²) in [5, 5.41) is 8.97. The lowest BCUT2D eigenvalue weighted by Crippen LogP contribution is -2.40. The van der Waals surface area contributed by atoms with Gasteiger partial charge in [-0.25, -0.2) is 0 Å². The number of fused-ring (bicyclic) bond motifs is 2. The van der Waals surface area contributed by atoms with E-state index in [2.05, 4.69) is 333 Å². The standard InChI is InChI=1S/C77H81N3S/c1-12-75(7,8)63-39-33-60(34-40-63)73(81-11)72(58-29-19-16-20-30-58)71(57-27-17-15-18-28-57)59-37-47-68(48-38-59)80(70-50-36-56-26-22-24-32-62(56)54-70)77(10,14-3)65-41-45-66(46-42-65)78-76(9,13-2)64-43-51-67(52-44-64)79(74(4,5)6)69-49-35-55-25-21-23-31-61(55)53-69/h15-54,71,78H,12-14H2,1-11H3/b73-72-. The maximum atomic E-state index is 4.01. The molecule has 3 nitrogen and oxygen atoms in total. The Morgan fingerprint density at radius 2 is 0.864 bits per heavy atom. The maximum absolute atomic E-state index is 4.01. The van der Waals surface area contributed by atoms with Crippen molar-refractivity contribution in [2.45, 2.75) is 116 Å². The number of thioether (sulfide) groups is 1. The Morgan fingerprint density at radius 1 is 0.407 bits per heavy atom. The average molecular weight is 1080 g/mol. The highest BCUT2D eigenvalue weighted by atomic mass is 32.2. The Labute approximate surface area is 488 Å². The number of hydrogen-bond acceptors (Lipinski definition) is 4. The highest BCUT2D eigenvalue weighted by molar-refractivity contribution is 8.07. The van der Waals surface area contributed by atoms with E-state index < -0.39 is 5.54 Å². The summed E-state index contributed by atoms with van der Waals surface area (Å²) in [5.41, 5.74) is 15.2. The fourth-order valence-corrected chi connectivity index (χ4v) is 12.9. The summed E-state index contributed by atoms with van der Waals surface area (Å²) in [4.78, 5) is 6.32. The Morgan fingerprint density at radius 3 is 1.38 bits per heavy atom. The second-order valence-corrected chi connectivity index (χ2v) is 24.8. The first-order chi connectivity index (χ1) is 39.1. The Bertz CT molecular complexity index is 3750. The fourth-order valence-electron chi connectivity index (χ4n) is 12.0. The first-order valence-electron chi connectivity index (χ1n) is 29.2. The minimum atomic E-state index is -0.422. The Hall–Kier alpha value is -7.79. The maximum Gasteiger partial charge on any atom is 0.0671 e. The van der Waals surface area contributed by atoms with Crippen molar-refractivity contribution < 1.29 is 0 Å². The van der Waals surface area contributed by atoms with Gasteiger partial charge < -0.3 is 15.1 Å². The van der Waals surface area contributed by atoms with E-state index in [0.717, 1.165) is 36.3 Å². The molecule has 3 atom stereocenters. The minimum Gasteiger partial charge on any atom is -0.376 e. The molecule has 0 amide bonds. The van der Waals surface area contributed by atoms with Gasteiger partial charge in [0.05, 0.1) is 11.1 Å². The van der Waals surface area contributed by atoms with Crippen LogP contribution in [0.4, 0.5) is 28.4 Å². The van der Waals surface area contributed by atoms with Gasteiger partial charge in [0, 0.05) is 44.8 Å². The molecule has 1 N–H and O–H groups in total. The van der Waals surface area contributed by atoms with Crippen LogP contribution in [-0.4, -0.2) is 11.8 Å². The van der Waals surface area contributed by atoms with Gasteiger partial charge in [-0.2, -0.15) is 0 Å². The predicted octanol–water partition coefficient (Wildman–Crippen LogP) is 21.9. The molecular formula is C77H81N3S. The fraction of sp³-hybridized carbons (Fsp3) is 0.247. The third-order valence-corrected chi connectivity index (χ3v) is 18.3. The van der Waals surface area contributed by atoms with E-state index in [4.69, 9.17) is 0 Å². The van der Waals surface area contributed by atoms with Gasteiger partial charge in [0.2, 0.25) is 0 Å². The van der Waals surface area contributed by atoms with Gasteiger partial charge in [-0.3, -0.25) is 0 Å². The summed E-state index contributed by atoms with van der Waals surface area (Å²) in [6.07, 6.45) is 5.10. The Kier molecular flexibility index (Phi) is 16.5. The second kappa shape index (κ2) is 23.7. The van der Waals surface area contributed by atoms with E-state index >= 15 is 0 Å². The summed E-state index contributed by atoms with van der Waals surface area (Å²) < 4.78 is 0. The van der Waals surface area contributed by atoms with Crippen LogP contribution in [0.1, 0.15) is 133 Å². The first kappa shape index (κ1) is 56.5. The van der Waals surface area contributed by atoms with Gasteiger partial charge in [-0.15, -0.1) is 11.8 Å². The van der Waals surface area contributed by atoms with Gasteiger partial charge in [0.1, 0.15) is 0 Å². The molecule has 0 saturated carbocycles. The van der Waals surface area contributed by atoms with Crippen molar-refractivity contribution in [3.8, 4) is 0 Å². The van der Waals surface area contributed by atoms with Crippen LogP contribution in [0.15, 0.2) is 243 Å². The van der Waals surface area contributed by atoms with Crippen molar-refractivity contribution in [2.75, 3.05) is 21.4 Å². The van der Waals surface area contributed by atoms with E-state index in [-0.39, 0.29) is 22.4 Å². The number of anilines is 5. The van der Waals surface area contributed by atoms with Gasteiger partial charge >= 0.3 is 0 Å². The topological polar surface area (TPSA) is 18.5 Å². The summed E-state index contributed by atoms with van der Waals surface area (Å²) >= 11 is 1.84. The average Bonchev–Trinajstić information content (AvgIpc) is 3.70. The molecule has 81 heavy (non-hydrogen) atoms. The van der Waals surface area contributed by atoms with Crippen molar-refractivity contribution in [2.24, 2.45) is 0 Å². The van der Waals surface area contributed by atoms with Crippen LogP contribution < -0.4 is 15.1 Å². The van der Waals surface area contributed by atoms with Crippen LogP contribution in [0.3, 0.4) is 0 Å². The van der Waals surface area contributed by atoms with Gasteiger partial charge in [0.25, 0.3) is 0 Å². The smallest absolute Gasteiger partial charge is 0.0671 e. The number of rotatable bonds is 19. The molecule has 0 spiro atoms. The number of hydrogen-bond donors (Lipinski definition) is 1. The van der Waals surface area contributed by atoms with E-state index in [1.54, 1.807) is 0 Å². The lowest BCUT2D eigenvalue weighted by atomic mass is 9.79. The monoisotopic (exact) mass is 1080 g/mol. The molecule has 0 aliphatic heterocycles. The van der Waals surface area contributed by atoms with Crippen molar-refractivity contribution in [1.29, 1.82) is 0 Å². The van der Waals surface area contributed by atoms with Crippen molar-refractivity contribution in [3.63, 3.8) is 0 Å². The van der Waals surface area contributed by atoms with Crippen molar-refractivity contribution in [3.05, 3.63) is 282 Å². The van der Waals surface area contributed by atoms with Crippen molar-refractivity contribution in [1.82, 2.24) is 0 Å². The molecule has 410 valence electrons. The molecule has 0 saturated heterocycles. The summed E-state index contributed by atoms with van der Waals surface area (Å²) in [6, 6.07) is 90.6. The first-order valence-corrected chi connectivity index (χ1v) is 30.5. The summed E-state index contributed by atoms with van der Waals surface area (Å²) in [6.45, 7) is 23.2. The molecule has 0 aromatic heterocycles. The summed E-state index contributed by atoms with van der Waals surface area (Å²) in [7, 11) is 0. The molecule has 10 aromatic rings. The van der Waals surface area contributed by atoms with Gasteiger partial charge in [-0.05, 0) is 192 Å². The van der Waals surface area contributed by atoms with Crippen LogP contribution >= 0.6 is 11.8 Å². The van der Waals surface area contributed by atoms with Crippen LogP contribution in [0.2, 0.25) is 0 Å². The molecule has 10 aromatic carbocycles. The highest BCUT2D eigenvalue weighted by Gasteiger charge is 2.35. The van der Waals surface area contributed by atoms with Crippen LogP contribution in [0.25, 0.3) is 32.0 Å². The molecule has 0 radical (unpaired) electrons. The van der Waals surface area contributed by atoms with Crippen LogP contribution in [0.5, 0.6) is 0 Å². The largest absolute Gasteiger partial charge is 0.376 e. The molecule has 0 fully saturated rings. The second-order valence-electron chi connectivity index (χ2n) is 24.0. The number of allylic oxidation sites excluding steroid dienone is 1. The molecule has 0 bridgehead atoms. The zero-order valence-electron chi connectivity index (χ0n) is 49.6.